The molecule has 1 heterocycles. The molecule has 0 fully saturated rings. The average molecular weight is 322 g/mol. The fraction of sp³-hybridized carbons (Fsp3) is 0.250. The van der Waals surface area contributed by atoms with Gasteiger partial charge in [-0.3, -0.25) is 9.59 Å². The number of halogens is 1. The lowest BCUT2D eigenvalue weighted by atomic mass is 10.1. The Kier molecular flexibility index (Phi) is 4.88. The summed E-state index contributed by atoms with van der Waals surface area (Å²) in [6.07, 6.45) is 1.07. The summed E-state index contributed by atoms with van der Waals surface area (Å²) in [6.45, 7) is 2.04. The maximum absolute atomic E-state index is 12.6. The summed E-state index contributed by atoms with van der Waals surface area (Å²) >= 11 is 6.10. The van der Waals surface area contributed by atoms with E-state index >= 15 is 0 Å². The van der Waals surface area contributed by atoms with Crippen molar-refractivity contribution in [2.45, 2.75) is 19.9 Å². The zero-order chi connectivity index (χ0) is 16.3. The number of benzene rings is 1. The van der Waals surface area contributed by atoms with Gasteiger partial charge in [-0.15, -0.1) is 0 Å². The molecule has 1 aromatic carbocycles. The molecular weight excluding hydrogens is 306 g/mol. The van der Waals surface area contributed by atoms with Crippen molar-refractivity contribution in [3.05, 3.63) is 58.0 Å². The summed E-state index contributed by atoms with van der Waals surface area (Å²) in [7, 11) is 1.64. The van der Waals surface area contributed by atoms with Crippen LogP contribution in [0, 0.1) is 6.92 Å². The first-order valence-electron chi connectivity index (χ1n) is 6.67. The average Bonchev–Trinajstić information content (AvgIpc) is 2.80. The molecule has 0 aliphatic rings. The molecule has 116 valence electrons. The summed E-state index contributed by atoms with van der Waals surface area (Å²) in [5.41, 5.74) is 1.74. The Morgan fingerprint density at radius 3 is 2.64 bits per heavy atom. The van der Waals surface area contributed by atoms with E-state index in [1.54, 1.807) is 20.0 Å². The van der Waals surface area contributed by atoms with E-state index in [1.807, 2.05) is 18.2 Å². The number of amides is 1. The first kappa shape index (κ1) is 16.1. The maximum atomic E-state index is 12.6. The summed E-state index contributed by atoms with van der Waals surface area (Å²) in [4.78, 5) is 24.9. The molecule has 0 unspecified atom stereocenters. The van der Waals surface area contributed by atoms with Crippen molar-refractivity contribution in [1.82, 2.24) is 4.90 Å². The van der Waals surface area contributed by atoms with Crippen LogP contribution in [0.25, 0.3) is 0 Å². The molecule has 2 rings (SSSR count). The van der Waals surface area contributed by atoms with Crippen molar-refractivity contribution < 1.29 is 19.1 Å². The summed E-state index contributed by atoms with van der Waals surface area (Å²) < 4.78 is 5.20. The third kappa shape index (κ3) is 3.49. The van der Waals surface area contributed by atoms with Gasteiger partial charge in [-0.25, -0.2) is 0 Å². The minimum absolute atomic E-state index is 0.168. The lowest BCUT2D eigenvalue weighted by molar-refractivity contribution is -0.136. The smallest absolute Gasteiger partial charge is 0.311 e. The van der Waals surface area contributed by atoms with Crippen LogP contribution in [0.3, 0.4) is 0 Å². The highest BCUT2D eigenvalue weighted by Crippen LogP contribution is 2.22. The molecule has 0 spiro atoms. The van der Waals surface area contributed by atoms with Gasteiger partial charge in [-0.2, -0.15) is 0 Å². The maximum Gasteiger partial charge on any atom is 0.311 e. The third-order valence-electron chi connectivity index (χ3n) is 3.29. The molecule has 1 amide bonds. The first-order valence-corrected chi connectivity index (χ1v) is 7.05. The Labute approximate surface area is 133 Å². The largest absolute Gasteiger partial charge is 0.481 e. The predicted octanol–water partition coefficient (Wildman–Crippen LogP) is 3.14. The first-order chi connectivity index (χ1) is 10.4. The van der Waals surface area contributed by atoms with Crippen LogP contribution in [0.15, 0.2) is 34.9 Å². The van der Waals surface area contributed by atoms with Crippen LogP contribution in [-0.4, -0.2) is 28.9 Å². The lowest BCUT2D eigenvalue weighted by Gasteiger charge is -2.18. The van der Waals surface area contributed by atoms with E-state index in [0.29, 0.717) is 22.7 Å². The SMILES string of the molecule is Cc1coc(CC(=O)O)c1C(=O)N(C)Cc1ccccc1Cl. The van der Waals surface area contributed by atoms with Crippen molar-refractivity contribution in [3.63, 3.8) is 0 Å². The minimum atomic E-state index is -1.04. The third-order valence-corrected chi connectivity index (χ3v) is 3.66. The number of aliphatic carboxylic acids is 1. The molecule has 0 radical (unpaired) electrons. The Morgan fingerprint density at radius 2 is 2.00 bits per heavy atom. The number of aryl methyl sites for hydroxylation is 1. The predicted molar refractivity (Wildman–Crippen MR) is 82.0 cm³/mol. The van der Waals surface area contributed by atoms with E-state index in [2.05, 4.69) is 0 Å². The van der Waals surface area contributed by atoms with Gasteiger partial charge >= 0.3 is 5.97 Å². The van der Waals surface area contributed by atoms with Crippen LogP contribution in [0.4, 0.5) is 0 Å². The molecule has 1 aromatic heterocycles. The van der Waals surface area contributed by atoms with E-state index in [9.17, 15) is 9.59 Å². The topological polar surface area (TPSA) is 70.7 Å². The van der Waals surface area contributed by atoms with Gasteiger partial charge in [0, 0.05) is 24.2 Å². The highest BCUT2D eigenvalue weighted by molar-refractivity contribution is 6.31. The molecule has 0 bridgehead atoms. The standard InChI is InChI=1S/C16H16ClNO4/c1-10-9-22-13(7-14(19)20)15(10)16(21)18(2)8-11-5-3-4-6-12(11)17/h3-6,9H,7-8H2,1-2H3,(H,19,20). The molecule has 0 atom stereocenters. The summed E-state index contributed by atoms with van der Waals surface area (Å²) in [5, 5.41) is 9.47. The van der Waals surface area contributed by atoms with Gasteiger partial charge in [0.2, 0.25) is 0 Å². The van der Waals surface area contributed by atoms with Crippen LogP contribution >= 0.6 is 11.6 Å². The van der Waals surface area contributed by atoms with Crippen molar-refractivity contribution in [1.29, 1.82) is 0 Å². The van der Waals surface area contributed by atoms with E-state index in [1.165, 1.54) is 11.2 Å². The highest BCUT2D eigenvalue weighted by atomic mass is 35.5. The number of carbonyl (C=O) groups is 2. The Hall–Kier alpha value is -2.27. The number of carboxylic acid groups (broad SMARTS) is 1. The molecule has 0 aliphatic heterocycles. The molecule has 0 saturated heterocycles. The van der Waals surface area contributed by atoms with Gasteiger partial charge < -0.3 is 14.4 Å². The number of carbonyl (C=O) groups excluding carboxylic acids is 1. The van der Waals surface area contributed by atoms with Crippen LogP contribution in [0.5, 0.6) is 0 Å². The minimum Gasteiger partial charge on any atom is -0.481 e. The van der Waals surface area contributed by atoms with Gasteiger partial charge in [-0.05, 0) is 18.6 Å². The van der Waals surface area contributed by atoms with Crippen LogP contribution in [0.1, 0.15) is 27.2 Å². The van der Waals surface area contributed by atoms with Gasteiger partial charge in [0.1, 0.15) is 12.2 Å². The lowest BCUT2D eigenvalue weighted by Crippen LogP contribution is -2.27. The molecule has 0 saturated carbocycles. The molecule has 22 heavy (non-hydrogen) atoms. The van der Waals surface area contributed by atoms with Crippen molar-refractivity contribution in [2.24, 2.45) is 0 Å². The number of carboxylic acids is 1. The second kappa shape index (κ2) is 6.66. The zero-order valence-corrected chi connectivity index (χ0v) is 13.1. The summed E-state index contributed by atoms with van der Waals surface area (Å²) in [5.74, 6) is -1.17. The van der Waals surface area contributed by atoms with Crippen molar-refractivity contribution in [3.8, 4) is 0 Å². The molecule has 1 N–H and O–H groups in total. The van der Waals surface area contributed by atoms with Crippen molar-refractivity contribution >= 4 is 23.5 Å². The molecule has 2 aromatic rings. The number of hydrogen-bond acceptors (Lipinski definition) is 3. The quantitative estimate of drug-likeness (QED) is 0.918. The van der Waals surface area contributed by atoms with Gasteiger partial charge in [0.15, 0.2) is 0 Å². The Bertz CT molecular complexity index is 708. The Morgan fingerprint density at radius 1 is 1.32 bits per heavy atom. The van der Waals surface area contributed by atoms with E-state index < -0.39 is 5.97 Å². The Balaban J connectivity index is 2.23. The zero-order valence-electron chi connectivity index (χ0n) is 12.3. The van der Waals surface area contributed by atoms with E-state index in [0.717, 1.165) is 5.56 Å². The molecular formula is C16H16ClNO4. The summed E-state index contributed by atoms with van der Waals surface area (Å²) in [6, 6.07) is 7.26. The van der Waals surface area contributed by atoms with Gasteiger partial charge in [0.05, 0.1) is 11.8 Å². The van der Waals surface area contributed by atoms with Crippen LogP contribution in [-0.2, 0) is 17.8 Å². The monoisotopic (exact) mass is 321 g/mol. The second-order valence-corrected chi connectivity index (χ2v) is 5.45. The fourth-order valence-electron chi connectivity index (χ4n) is 2.20. The van der Waals surface area contributed by atoms with Crippen LogP contribution in [0.2, 0.25) is 5.02 Å². The number of hydrogen-bond donors (Lipinski definition) is 1. The van der Waals surface area contributed by atoms with Gasteiger partial charge in [-0.1, -0.05) is 29.8 Å². The number of nitrogens with zero attached hydrogens (tertiary/aromatic N) is 1. The molecule has 5 nitrogen and oxygen atoms in total. The number of rotatable bonds is 5. The highest BCUT2D eigenvalue weighted by Gasteiger charge is 2.23. The molecule has 6 heteroatoms. The second-order valence-electron chi connectivity index (χ2n) is 5.04. The van der Waals surface area contributed by atoms with Gasteiger partial charge in [0.25, 0.3) is 5.91 Å². The van der Waals surface area contributed by atoms with E-state index in [-0.39, 0.29) is 18.1 Å². The van der Waals surface area contributed by atoms with Crippen molar-refractivity contribution in [2.75, 3.05) is 7.05 Å². The normalized spacial score (nSPS) is 10.5. The van der Waals surface area contributed by atoms with E-state index in [4.69, 9.17) is 21.1 Å². The fourth-order valence-corrected chi connectivity index (χ4v) is 2.39. The molecule has 0 aliphatic carbocycles. The van der Waals surface area contributed by atoms with Crippen LogP contribution < -0.4 is 0 Å². The number of furan rings is 1.